The van der Waals surface area contributed by atoms with E-state index in [1.54, 1.807) is 30.3 Å². The lowest BCUT2D eigenvalue weighted by atomic mass is 10.2. The fourth-order valence-electron chi connectivity index (χ4n) is 1.13. The van der Waals surface area contributed by atoms with Crippen LogP contribution in [0.3, 0.4) is 0 Å². The number of esters is 1. The highest BCUT2D eigenvalue weighted by Gasteiger charge is 2.08. The molecule has 0 radical (unpaired) electrons. The summed E-state index contributed by atoms with van der Waals surface area (Å²) in [5, 5.41) is 0. The molecule has 1 aromatic heterocycles. The Labute approximate surface area is 90.7 Å². The van der Waals surface area contributed by atoms with Gasteiger partial charge in [-0.05, 0) is 12.1 Å². The largest absolute Gasteiger partial charge is 0.404 e. The summed E-state index contributed by atoms with van der Waals surface area (Å²) in [6.45, 7) is 0. The first-order valence-corrected chi connectivity index (χ1v) is 4.58. The van der Waals surface area contributed by atoms with Gasteiger partial charge in [-0.25, -0.2) is 9.78 Å². The lowest BCUT2D eigenvalue weighted by Crippen LogP contribution is -2.12. The topological polar surface area (TPSA) is 72.1 Å². The van der Waals surface area contributed by atoms with E-state index in [0.717, 1.165) is 6.07 Å². The average Bonchev–Trinajstić information content (AvgIpc) is 2.30. The van der Waals surface area contributed by atoms with Crippen LogP contribution in [0.1, 0.15) is 10.4 Å². The van der Waals surface area contributed by atoms with Gasteiger partial charge in [-0.1, -0.05) is 18.2 Å². The van der Waals surface area contributed by atoms with Crippen molar-refractivity contribution in [1.29, 1.82) is 0 Å². The summed E-state index contributed by atoms with van der Waals surface area (Å²) in [6.07, 6.45) is 1.18. The summed E-state index contributed by atoms with van der Waals surface area (Å²) in [6, 6.07) is 9.59. The zero-order chi connectivity index (χ0) is 11.4. The molecular weight excluding hydrogens is 208 g/mol. The number of aromatic nitrogens is 2. The Bertz CT molecular complexity index is 548. The van der Waals surface area contributed by atoms with E-state index in [1.807, 2.05) is 0 Å². The summed E-state index contributed by atoms with van der Waals surface area (Å²) in [4.78, 5) is 28.5. The number of nitrogens with one attached hydrogen (secondary N) is 1. The molecule has 0 spiro atoms. The van der Waals surface area contributed by atoms with Crippen LogP contribution in [-0.2, 0) is 0 Å². The number of H-pyrrole nitrogens is 1. The normalized spacial score (nSPS) is 9.75. The van der Waals surface area contributed by atoms with Crippen molar-refractivity contribution in [3.63, 3.8) is 0 Å². The van der Waals surface area contributed by atoms with E-state index < -0.39 is 5.97 Å². The molecule has 5 nitrogen and oxygen atoms in total. The zero-order valence-electron chi connectivity index (χ0n) is 8.21. The van der Waals surface area contributed by atoms with Crippen molar-refractivity contribution < 1.29 is 9.53 Å². The van der Waals surface area contributed by atoms with Gasteiger partial charge in [-0.2, -0.15) is 0 Å². The van der Waals surface area contributed by atoms with Gasteiger partial charge in [0.15, 0.2) is 0 Å². The minimum Gasteiger partial charge on any atom is -0.404 e. The molecule has 0 atom stereocenters. The Hall–Kier alpha value is -2.43. The number of hydrogen-bond donors (Lipinski definition) is 1. The molecule has 2 rings (SSSR count). The molecule has 0 bridgehead atoms. The fourth-order valence-corrected chi connectivity index (χ4v) is 1.13. The molecule has 0 aliphatic rings. The van der Waals surface area contributed by atoms with Crippen molar-refractivity contribution in [2.75, 3.05) is 0 Å². The highest BCUT2D eigenvalue weighted by molar-refractivity contribution is 5.90. The molecule has 0 saturated heterocycles. The van der Waals surface area contributed by atoms with Gasteiger partial charge in [-0.3, -0.25) is 4.79 Å². The molecule has 0 fully saturated rings. The second kappa shape index (κ2) is 4.39. The monoisotopic (exact) mass is 216 g/mol. The van der Waals surface area contributed by atoms with Crippen molar-refractivity contribution in [2.45, 2.75) is 0 Å². The third-order valence-corrected chi connectivity index (χ3v) is 1.86. The fraction of sp³-hybridized carbons (Fsp3) is 0. The molecule has 0 aliphatic heterocycles. The van der Waals surface area contributed by atoms with Crippen molar-refractivity contribution in [1.82, 2.24) is 9.97 Å². The zero-order valence-corrected chi connectivity index (χ0v) is 8.21. The van der Waals surface area contributed by atoms with Crippen LogP contribution in [0.5, 0.6) is 5.88 Å². The van der Waals surface area contributed by atoms with Gasteiger partial charge in [0, 0.05) is 0 Å². The van der Waals surface area contributed by atoms with E-state index >= 15 is 0 Å². The molecule has 2 aromatic rings. The third kappa shape index (κ3) is 2.33. The van der Waals surface area contributed by atoms with Gasteiger partial charge in [0.2, 0.25) is 5.88 Å². The summed E-state index contributed by atoms with van der Waals surface area (Å²) >= 11 is 0. The van der Waals surface area contributed by atoms with Crippen LogP contribution in [0, 0.1) is 0 Å². The van der Waals surface area contributed by atoms with Gasteiger partial charge < -0.3 is 9.72 Å². The van der Waals surface area contributed by atoms with Gasteiger partial charge in [0.05, 0.1) is 18.0 Å². The number of carbonyl (C=O) groups excluding carboxylic acids is 1. The molecule has 1 N–H and O–H groups in total. The van der Waals surface area contributed by atoms with E-state index in [0.29, 0.717) is 5.56 Å². The minimum absolute atomic E-state index is 0.0161. The SMILES string of the molecule is O=C(Oc1cc(=O)[nH]cn1)c1ccccc1. The number of carbonyl (C=O) groups is 1. The van der Waals surface area contributed by atoms with Crippen LogP contribution in [0.15, 0.2) is 47.5 Å². The van der Waals surface area contributed by atoms with Crippen LogP contribution in [0.2, 0.25) is 0 Å². The standard InChI is InChI=1S/C11H8N2O3/c14-9-6-10(13-7-12-9)16-11(15)8-4-2-1-3-5-8/h1-7H,(H,12,13,14). The molecule has 1 aromatic carbocycles. The summed E-state index contributed by atoms with van der Waals surface area (Å²) in [7, 11) is 0. The summed E-state index contributed by atoms with van der Waals surface area (Å²) in [5.74, 6) is -0.559. The first kappa shape index (κ1) is 10.1. The van der Waals surface area contributed by atoms with Crippen molar-refractivity contribution in [2.24, 2.45) is 0 Å². The smallest absolute Gasteiger partial charge is 0.344 e. The van der Waals surface area contributed by atoms with E-state index in [-0.39, 0.29) is 11.4 Å². The van der Waals surface area contributed by atoms with Crippen LogP contribution >= 0.6 is 0 Å². The summed E-state index contributed by atoms with van der Waals surface area (Å²) < 4.78 is 4.91. The first-order chi connectivity index (χ1) is 7.75. The lowest BCUT2D eigenvalue weighted by Gasteiger charge is -2.01. The molecule has 80 valence electrons. The number of hydrogen-bond acceptors (Lipinski definition) is 4. The van der Waals surface area contributed by atoms with Gasteiger partial charge in [-0.15, -0.1) is 0 Å². The highest BCUT2D eigenvalue weighted by atomic mass is 16.5. The Morgan fingerprint density at radius 1 is 1.25 bits per heavy atom. The van der Waals surface area contributed by atoms with Crippen LogP contribution in [-0.4, -0.2) is 15.9 Å². The molecule has 16 heavy (non-hydrogen) atoms. The van der Waals surface area contributed by atoms with E-state index in [1.165, 1.54) is 6.33 Å². The third-order valence-electron chi connectivity index (χ3n) is 1.86. The van der Waals surface area contributed by atoms with Gasteiger partial charge in [0.1, 0.15) is 0 Å². The summed E-state index contributed by atoms with van der Waals surface area (Å²) in [5.41, 5.74) is 0.0374. The van der Waals surface area contributed by atoms with Crippen molar-refractivity contribution >= 4 is 5.97 Å². The Kier molecular flexibility index (Phi) is 2.77. The predicted octanol–water partition coefficient (Wildman–Crippen LogP) is 0.989. The number of benzene rings is 1. The molecule has 5 heteroatoms. The van der Waals surface area contributed by atoms with Crippen molar-refractivity contribution in [3.8, 4) is 5.88 Å². The lowest BCUT2D eigenvalue weighted by molar-refractivity contribution is 0.0727. The number of aromatic amines is 1. The van der Waals surface area contributed by atoms with Gasteiger partial charge in [0.25, 0.3) is 5.56 Å². The minimum atomic E-state index is -0.543. The molecule has 0 amide bonds. The van der Waals surface area contributed by atoms with Crippen molar-refractivity contribution in [3.05, 3.63) is 58.6 Å². The van der Waals surface area contributed by atoms with Crippen LogP contribution < -0.4 is 10.3 Å². The number of rotatable bonds is 2. The predicted molar refractivity (Wildman–Crippen MR) is 56.3 cm³/mol. The van der Waals surface area contributed by atoms with Crippen LogP contribution in [0.25, 0.3) is 0 Å². The van der Waals surface area contributed by atoms with Crippen LogP contribution in [0.4, 0.5) is 0 Å². The maximum Gasteiger partial charge on any atom is 0.344 e. The number of ether oxygens (including phenoxy) is 1. The molecule has 1 heterocycles. The second-order valence-corrected chi connectivity index (χ2v) is 3.00. The number of nitrogens with zero attached hydrogens (tertiary/aromatic N) is 1. The second-order valence-electron chi connectivity index (χ2n) is 3.00. The maximum absolute atomic E-state index is 11.6. The first-order valence-electron chi connectivity index (χ1n) is 4.58. The van der Waals surface area contributed by atoms with E-state index in [4.69, 9.17) is 4.74 Å². The molecular formula is C11H8N2O3. The molecule has 0 saturated carbocycles. The molecule has 0 aliphatic carbocycles. The Morgan fingerprint density at radius 2 is 2.00 bits per heavy atom. The Morgan fingerprint density at radius 3 is 2.69 bits per heavy atom. The maximum atomic E-state index is 11.6. The van der Waals surface area contributed by atoms with E-state index in [9.17, 15) is 9.59 Å². The highest BCUT2D eigenvalue weighted by Crippen LogP contribution is 2.05. The Balaban J connectivity index is 2.17. The average molecular weight is 216 g/mol. The quantitative estimate of drug-likeness (QED) is 0.760. The molecule has 0 unspecified atom stereocenters. The van der Waals surface area contributed by atoms with Gasteiger partial charge >= 0.3 is 5.97 Å². The van der Waals surface area contributed by atoms with E-state index in [2.05, 4.69) is 9.97 Å².